The van der Waals surface area contributed by atoms with Gasteiger partial charge in [-0.3, -0.25) is 9.36 Å². The highest BCUT2D eigenvalue weighted by molar-refractivity contribution is 7.07. The molecule has 4 rings (SSSR count). The molecule has 3 aromatic rings. The van der Waals surface area contributed by atoms with E-state index in [-0.39, 0.29) is 37.8 Å². The fraction of sp³-hybridized carbons (Fsp3) is 0.160. The first-order chi connectivity index (χ1) is 17.6. The fourth-order valence-corrected chi connectivity index (χ4v) is 6.11. The lowest BCUT2D eigenvalue weighted by atomic mass is 9.83. The van der Waals surface area contributed by atoms with Gasteiger partial charge >= 0.3 is 11.9 Å². The number of hydrogen-bond acceptors (Lipinski definition) is 7. The molecule has 37 heavy (non-hydrogen) atoms. The van der Waals surface area contributed by atoms with Gasteiger partial charge in [-0.1, -0.05) is 58.5 Å². The number of carbonyl (C=O) groups is 2. The van der Waals surface area contributed by atoms with Crippen LogP contribution in [-0.4, -0.2) is 30.2 Å². The van der Waals surface area contributed by atoms with Gasteiger partial charge in [-0.25, -0.2) is 9.59 Å². The topological polar surface area (TPSA) is 101 Å². The van der Waals surface area contributed by atoms with Crippen molar-refractivity contribution >= 4 is 87.1 Å². The van der Waals surface area contributed by atoms with E-state index < -0.39 is 23.4 Å². The lowest BCUT2D eigenvalue weighted by Gasteiger charge is -2.27. The molecule has 1 aromatic heterocycles. The Hall–Kier alpha value is -2.75. The Morgan fingerprint density at radius 2 is 1.68 bits per heavy atom. The van der Waals surface area contributed by atoms with Gasteiger partial charge in [0.05, 0.1) is 35.3 Å². The van der Waals surface area contributed by atoms with Crippen LogP contribution in [0.25, 0.3) is 17.5 Å². The SMILES string of the molecule is CCOC(=O)C1=c2sc(=Cc3ccc(Cl)cc3Cl)c(=O)n2C(N)=C(C(=O)OC)C1c1ccc(Cl)cc1Cl. The number of benzene rings is 2. The molecule has 0 saturated heterocycles. The Kier molecular flexibility index (Phi) is 8.06. The Labute approximate surface area is 234 Å². The molecule has 1 aliphatic heterocycles. The van der Waals surface area contributed by atoms with Crippen LogP contribution in [0, 0.1) is 0 Å². The molecule has 0 saturated carbocycles. The maximum absolute atomic E-state index is 13.5. The zero-order chi connectivity index (χ0) is 27.0. The summed E-state index contributed by atoms with van der Waals surface area (Å²) in [5, 5.41) is 1.28. The minimum absolute atomic E-state index is 0.00428. The van der Waals surface area contributed by atoms with Gasteiger partial charge in [-0.15, -0.1) is 11.3 Å². The highest BCUT2D eigenvalue weighted by Crippen LogP contribution is 2.41. The zero-order valence-corrected chi connectivity index (χ0v) is 23.2. The van der Waals surface area contributed by atoms with Gasteiger partial charge in [-0.2, -0.15) is 0 Å². The van der Waals surface area contributed by atoms with Gasteiger partial charge in [0.15, 0.2) is 0 Å². The molecule has 1 atom stereocenters. The molecule has 2 heterocycles. The number of halogens is 4. The van der Waals surface area contributed by atoms with Crippen LogP contribution in [0.3, 0.4) is 0 Å². The second-order valence-corrected chi connectivity index (χ2v) is 10.5. The summed E-state index contributed by atoms with van der Waals surface area (Å²) in [5.74, 6) is -2.89. The van der Waals surface area contributed by atoms with E-state index in [0.717, 1.165) is 15.9 Å². The number of hydrogen-bond donors (Lipinski definition) is 1. The predicted octanol–water partition coefficient (Wildman–Crippen LogP) is 4.16. The molecule has 1 aliphatic rings. The number of ether oxygens (including phenoxy) is 2. The van der Waals surface area contributed by atoms with Crippen molar-refractivity contribution in [1.29, 1.82) is 0 Å². The molecule has 0 radical (unpaired) electrons. The summed E-state index contributed by atoms with van der Waals surface area (Å²) in [5.41, 5.74) is 6.60. The molecule has 0 amide bonds. The van der Waals surface area contributed by atoms with Crippen LogP contribution in [-0.2, 0) is 19.1 Å². The molecule has 0 spiro atoms. The third-order valence-electron chi connectivity index (χ3n) is 5.57. The average Bonchev–Trinajstić information content (AvgIpc) is 3.16. The Morgan fingerprint density at radius 1 is 1.03 bits per heavy atom. The van der Waals surface area contributed by atoms with E-state index in [1.54, 1.807) is 43.3 Å². The summed E-state index contributed by atoms with van der Waals surface area (Å²) < 4.78 is 11.8. The number of nitrogens with two attached hydrogens (primary N) is 1. The summed E-state index contributed by atoms with van der Waals surface area (Å²) in [4.78, 5) is 39.9. The Bertz CT molecular complexity index is 1660. The number of rotatable bonds is 5. The summed E-state index contributed by atoms with van der Waals surface area (Å²) in [6.07, 6.45) is 1.55. The van der Waals surface area contributed by atoms with Crippen LogP contribution in [0.2, 0.25) is 20.1 Å². The quantitative estimate of drug-likeness (QED) is 0.442. The predicted molar refractivity (Wildman–Crippen MR) is 147 cm³/mol. The third-order valence-corrected chi connectivity index (χ3v) is 7.80. The molecular weight excluding hydrogens is 582 g/mol. The maximum Gasteiger partial charge on any atom is 0.338 e. The molecule has 1 unspecified atom stereocenters. The normalized spacial score (nSPS) is 15.6. The smallest absolute Gasteiger partial charge is 0.338 e. The molecule has 0 aliphatic carbocycles. The van der Waals surface area contributed by atoms with Gasteiger partial charge in [0.2, 0.25) is 0 Å². The fourth-order valence-electron chi connectivity index (χ4n) is 3.97. The standard InChI is InChI=1S/C25H18Cl4N2O5S/c1-3-36-25(34)20-18(14-7-6-13(27)10-16(14)29)19(24(33)35-2)21(30)31-22(32)17(37-23(20)31)8-11-4-5-12(26)9-15(11)28/h4-10,18H,3,30H2,1-2H3. The lowest BCUT2D eigenvalue weighted by Crippen LogP contribution is -2.41. The number of fused-ring (bicyclic) bond motifs is 1. The zero-order valence-electron chi connectivity index (χ0n) is 19.3. The molecule has 12 heteroatoms. The van der Waals surface area contributed by atoms with Crippen LogP contribution >= 0.6 is 57.7 Å². The van der Waals surface area contributed by atoms with Gasteiger partial charge in [0.1, 0.15) is 10.5 Å². The second-order valence-electron chi connectivity index (χ2n) is 7.75. The average molecular weight is 600 g/mol. The van der Waals surface area contributed by atoms with Crippen molar-refractivity contribution in [2.24, 2.45) is 5.73 Å². The van der Waals surface area contributed by atoms with E-state index in [2.05, 4.69) is 0 Å². The highest BCUT2D eigenvalue weighted by atomic mass is 35.5. The van der Waals surface area contributed by atoms with Gasteiger partial charge in [-0.05, 0) is 48.4 Å². The number of carbonyl (C=O) groups excluding carboxylic acids is 2. The van der Waals surface area contributed by atoms with E-state index in [9.17, 15) is 14.4 Å². The first kappa shape index (κ1) is 27.3. The summed E-state index contributed by atoms with van der Waals surface area (Å²) in [7, 11) is 1.17. The molecule has 0 bridgehead atoms. The maximum atomic E-state index is 13.5. The molecular formula is C25H18Cl4N2O5S. The molecule has 2 aromatic carbocycles. The van der Waals surface area contributed by atoms with Gasteiger partial charge in [0.25, 0.3) is 5.56 Å². The number of methoxy groups -OCH3 is 1. The summed E-state index contributed by atoms with van der Waals surface area (Å²) >= 11 is 25.9. The van der Waals surface area contributed by atoms with Crippen LogP contribution in [0.15, 0.2) is 46.8 Å². The van der Waals surface area contributed by atoms with E-state index in [4.69, 9.17) is 61.6 Å². The van der Waals surface area contributed by atoms with Crippen LogP contribution in [0.4, 0.5) is 0 Å². The van der Waals surface area contributed by atoms with Crippen LogP contribution < -0.4 is 20.5 Å². The number of esters is 2. The van der Waals surface area contributed by atoms with Crippen LogP contribution in [0.5, 0.6) is 0 Å². The number of aromatic nitrogens is 1. The number of thiazole rings is 1. The number of nitrogens with zero attached hydrogens (tertiary/aromatic N) is 1. The monoisotopic (exact) mass is 598 g/mol. The summed E-state index contributed by atoms with van der Waals surface area (Å²) in [6.45, 7) is 1.69. The largest absolute Gasteiger partial charge is 0.466 e. The highest BCUT2D eigenvalue weighted by Gasteiger charge is 2.40. The Morgan fingerprint density at radius 3 is 2.27 bits per heavy atom. The Balaban J connectivity index is 2.15. The molecule has 192 valence electrons. The van der Waals surface area contributed by atoms with Crippen molar-refractivity contribution in [3.8, 4) is 0 Å². The first-order valence-electron chi connectivity index (χ1n) is 10.7. The lowest BCUT2D eigenvalue weighted by molar-refractivity contribution is -0.136. The molecule has 7 nitrogen and oxygen atoms in total. The van der Waals surface area contributed by atoms with Crippen molar-refractivity contribution < 1.29 is 19.1 Å². The van der Waals surface area contributed by atoms with E-state index in [1.165, 1.54) is 13.2 Å². The van der Waals surface area contributed by atoms with Crippen molar-refractivity contribution in [3.05, 3.63) is 92.7 Å². The summed E-state index contributed by atoms with van der Waals surface area (Å²) in [6, 6.07) is 9.44. The molecule has 2 N–H and O–H groups in total. The van der Waals surface area contributed by atoms with Crippen molar-refractivity contribution in [2.75, 3.05) is 13.7 Å². The van der Waals surface area contributed by atoms with E-state index in [1.807, 2.05) is 0 Å². The first-order valence-corrected chi connectivity index (χ1v) is 13.0. The van der Waals surface area contributed by atoms with Crippen molar-refractivity contribution in [2.45, 2.75) is 12.8 Å². The van der Waals surface area contributed by atoms with Gasteiger partial charge in [0, 0.05) is 20.1 Å². The minimum Gasteiger partial charge on any atom is -0.466 e. The van der Waals surface area contributed by atoms with Crippen molar-refractivity contribution in [1.82, 2.24) is 4.57 Å². The van der Waals surface area contributed by atoms with E-state index >= 15 is 0 Å². The van der Waals surface area contributed by atoms with Crippen molar-refractivity contribution in [3.63, 3.8) is 0 Å². The van der Waals surface area contributed by atoms with Gasteiger partial charge < -0.3 is 15.2 Å². The minimum atomic E-state index is -1.10. The second kappa shape index (κ2) is 10.9. The molecule has 0 fully saturated rings. The van der Waals surface area contributed by atoms with E-state index in [0.29, 0.717) is 26.2 Å². The third kappa shape index (κ3) is 5.04. The van der Waals surface area contributed by atoms with Crippen LogP contribution in [0.1, 0.15) is 24.0 Å².